The quantitative estimate of drug-likeness (QED) is 0.542. The third-order valence-corrected chi connectivity index (χ3v) is 4.64. The second kappa shape index (κ2) is 8.78. The molecule has 0 aliphatic carbocycles. The normalized spacial score (nSPS) is 10.5. The van der Waals surface area contributed by atoms with Crippen LogP contribution in [0.3, 0.4) is 0 Å². The van der Waals surface area contributed by atoms with Crippen molar-refractivity contribution in [3.05, 3.63) is 88.2 Å². The monoisotopic (exact) mass is 385 g/mol. The van der Waals surface area contributed by atoms with E-state index in [0.29, 0.717) is 24.7 Å². The van der Waals surface area contributed by atoms with Gasteiger partial charge in [-0.25, -0.2) is 4.39 Å². The molecule has 3 rings (SSSR count). The van der Waals surface area contributed by atoms with Gasteiger partial charge < -0.3 is 14.8 Å². The average Bonchev–Trinajstić information content (AvgIpc) is 2.68. The molecule has 0 spiro atoms. The summed E-state index contributed by atoms with van der Waals surface area (Å²) in [7, 11) is 1.61. The number of aryl methyl sites for hydroxylation is 1. The Kier molecular flexibility index (Phi) is 6.20. The number of ether oxygens (including phenoxy) is 2. The van der Waals surface area contributed by atoms with Crippen molar-refractivity contribution in [1.82, 2.24) is 0 Å². The smallest absolute Gasteiger partial charge is 0.166 e. The molecule has 0 unspecified atom stereocenters. The predicted molar refractivity (Wildman–Crippen MR) is 107 cm³/mol. The van der Waals surface area contributed by atoms with Crippen LogP contribution in [0.4, 0.5) is 10.1 Å². The van der Waals surface area contributed by atoms with Crippen LogP contribution < -0.4 is 14.8 Å². The zero-order valence-corrected chi connectivity index (χ0v) is 16.0. The lowest BCUT2D eigenvalue weighted by atomic mass is 10.1. The van der Waals surface area contributed by atoms with Gasteiger partial charge in [0, 0.05) is 22.8 Å². The number of rotatable bonds is 7. The van der Waals surface area contributed by atoms with Gasteiger partial charge in [-0.1, -0.05) is 41.9 Å². The van der Waals surface area contributed by atoms with Gasteiger partial charge in [0.25, 0.3) is 0 Å². The summed E-state index contributed by atoms with van der Waals surface area (Å²) in [4.78, 5) is 0. The Morgan fingerprint density at radius 2 is 1.81 bits per heavy atom. The van der Waals surface area contributed by atoms with Gasteiger partial charge >= 0.3 is 0 Å². The summed E-state index contributed by atoms with van der Waals surface area (Å²) in [5.74, 6) is 1.05. The molecule has 0 bridgehead atoms. The third-order valence-electron chi connectivity index (χ3n) is 4.23. The van der Waals surface area contributed by atoms with Crippen molar-refractivity contribution < 1.29 is 13.9 Å². The minimum atomic E-state index is -0.266. The molecule has 1 N–H and O–H groups in total. The van der Waals surface area contributed by atoms with E-state index in [-0.39, 0.29) is 5.82 Å². The molecule has 0 saturated heterocycles. The predicted octanol–water partition coefficient (Wildman–Crippen LogP) is 5.99. The maximum Gasteiger partial charge on any atom is 0.166 e. The van der Waals surface area contributed by atoms with Crippen LogP contribution in [-0.4, -0.2) is 7.11 Å². The highest BCUT2D eigenvalue weighted by Crippen LogP contribution is 2.32. The zero-order chi connectivity index (χ0) is 19.2. The molecule has 0 radical (unpaired) electrons. The van der Waals surface area contributed by atoms with Gasteiger partial charge in [0.1, 0.15) is 12.4 Å². The van der Waals surface area contributed by atoms with E-state index in [9.17, 15) is 4.39 Å². The van der Waals surface area contributed by atoms with E-state index in [1.165, 1.54) is 12.1 Å². The minimum absolute atomic E-state index is 0.266. The van der Waals surface area contributed by atoms with Gasteiger partial charge in [0.05, 0.1) is 7.11 Å². The molecular formula is C22H21ClFNO2. The molecule has 0 saturated carbocycles. The molecule has 0 aliphatic heterocycles. The second-order valence-corrected chi connectivity index (χ2v) is 6.59. The maximum absolute atomic E-state index is 13.1. The van der Waals surface area contributed by atoms with Crippen LogP contribution >= 0.6 is 11.6 Å². The number of anilines is 1. The van der Waals surface area contributed by atoms with Crippen molar-refractivity contribution in [3.8, 4) is 11.5 Å². The number of hydrogen-bond acceptors (Lipinski definition) is 3. The Labute approximate surface area is 163 Å². The van der Waals surface area contributed by atoms with E-state index in [1.807, 2.05) is 43.3 Å². The Balaban J connectivity index is 1.76. The van der Waals surface area contributed by atoms with Crippen LogP contribution in [0.1, 0.15) is 16.7 Å². The summed E-state index contributed by atoms with van der Waals surface area (Å²) in [6.07, 6.45) is 0. The van der Waals surface area contributed by atoms with Crippen molar-refractivity contribution in [2.75, 3.05) is 12.4 Å². The SMILES string of the molecule is COc1cccc(CNc2ccc(C)c(Cl)c2)c1OCc1ccc(F)cc1. The molecule has 0 amide bonds. The largest absolute Gasteiger partial charge is 0.493 e. The second-order valence-electron chi connectivity index (χ2n) is 6.18. The van der Waals surface area contributed by atoms with Crippen LogP contribution in [0.25, 0.3) is 0 Å². The van der Waals surface area contributed by atoms with Crippen LogP contribution in [0, 0.1) is 12.7 Å². The summed E-state index contributed by atoms with van der Waals surface area (Å²) < 4.78 is 24.5. The van der Waals surface area contributed by atoms with Gasteiger partial charge in [-0.15, -0.1) is 0 Å². The fourth-order valence-corrected chi connectivity index (χ4v) is 2.84. The highest BCUT2D eigenvalue weighted by Gasteiger charge is 2.11. The molecule has 3 aromatic rings. The number of methoxy groups -OCH3 is 1. The fourth-order valence-electron chi connectivity index (χ4n) is 2.66. The lowest BCUT2D eigenvalue weighted by Gasteiger charge is -2.16. The Hall–Kier alpha value is -2.72. The zero-order valence-electron chi connectivity index (χ0n) is 15.3. The summed E-state index contributed by atoms with van der Waals surface area (Å²) >= 11 is 6.19. The van der Waals surface area contributed by atoms with E-state index in [1.54, 1.807) is 19.2 Å². The first-order valence-corrected chi connectivity index (χ1v) is 8.98. The molecule has 140 valence electrons. The summed E-state index contributed by atoms with van der Waals surface area (Å²) in [6.45, 7) is 2.84. The van der Waals surface area contributed by atoms with Crippen LogP contribution in [-0.2, 0) is 13.2 Å². The number of benzene rings is 3. The Morgan fingerprint density at radius 1 is 1.04 bits per heavy atom. The van der Waals surface area contributed by atoms with Crippen molar-refractivity contribution in [2.45, 2.75) is 20.1 Å². The van der Waals surface area contributed by atoms with Crippen molar-refractivity contribution in [1.29, 1.82) is 0 Å². The number of hydrogen-bond donors (Lipinski definition) is 1. The molecule has 0 atom stereocenters. The molecule has 0 aromatic heterocycles. The van der Waals surface area contributed by atoms with Gasteiger partial charge in [0.2, 0.25) is 0 Å². The van der Waals surface area contributed by atoms with Gasteiger partial charge in [-0.05, 0) is 48.4 Å². The van der Waals surface area contributed by atoms with Crippen LogP contribution in [0.15, 0.2) is 60.7 Å². The van der Waals surface area contributed by atoms with Gasteiger partial charge in [-0.2, -0.15) is 0 Å². The fraction of sp³-hybridized carbons (Fsp3) is 0.182. The lowest BCUT2D eigenvalue weighted by Crippen LogP contribution is -2.05. The highest BCUT2D eigenvalue weighted by molar-refractivity contribution is 6.31. The van der Waals surface area contributed by atoms with Crippen LogP contribution in [0.5, 0.6) is 11.5 Å². The number of halogens is 2. The van der Waals surface area contributed by atoms with E-state index >= 15 is 0 Å². The Morgan fingerprint density at radius 3 is 2.52 bits per heavy atom. The average molecular weight is 386 g/mol. The third kappa shape index (κ3) is 4.92. The molecule has 5 heteroatoms. The molecule has 0 aliphatic rings. The van der Waals surface area contributed by atoms with E-state index < -0.39 is 0 Å². The molecule has 0 heterocycles. The first-order chi connectivity index (χ1) is 13.1. The first kappa shape index (κ1) is 19.1. The van der Waals surface area contributed by atoms with Gasteiger partial charge in [-0.3, -0.25) is 0 Å². The maximum atomic E-state index is 13.1. The topological polar surface area (TPSA) is 30.5 Å². The van der Waals surface area contributed by atoms with Crippen LogP contribution in [0.2, 0.25) is 5.02 Å². The van der Waals surface area contributed by atoms with Crippen molar-refractivity contribution in [2.24, 2.45) is 0 Å². The van der Waals surface area contributed by atoms with E-state index in [4.69, 9.17) is 21.1 Å². The first-order valence-electron chi connectivity index (χ1n) is 8.60. The van der Waals surface area contributed by atoms with Crippen molar-refractivity contribution in [3.63, 3.8) is 0 Å². The summed E-state index contributed by atoms with van der Waals surface area (Å²) in [5, 5.41) is 4.08. The van der Waals surface area contributed by atoms with E-state index in [0.717, 1.165) is 27.4 Å². The lowest BCUT2D eigenvalue weighted by molar-refractivity contribution is 0.281. The number of nitrogens with one attached hydrogen (secondary N) is 1. The van der Waals surface area contributed by atoms with E-state index in [2.05, 4.69) is 5.32 Å². The summed E-state index contributed by atoms with van der Waals surface area (Å²) in [6, 6.07) is 17.9. The van der Waals surface area contributed by atoms with Gasteiger partial charge in [0.15, 0.2) is 11.5 Å². The standard InChI is InChI=1S/C22H21ClFNO2/c1-15-6-11-19(12-20(15)23)25-13-17-4-3-5-21(26-2)22(17)27-14-16-7-9-18(24)10-8-16/h3-12,25H,13-14H2,1-2H3. The summed E-state index contributed by atoms with van der Waals surface area (Å²) in [5.41, 5.74) is 3.80. The molecule has 0 fully saturated rings. The highest BCUT2D eigenvalue weighted by atomic mass is 35.5. The molecule has 3 aromatic carbocycles. The Bertz CT molecular complexity index is 913. The number of para-hydroxylation sites is 1. The molecular weight excluding hydrogens is 365 g/mol. The molecule has 27 heavy (non-hydrogen) atoms. The molecule has 3 nitrogen and oxygen atoms in total. The van der Waals surface area contributed by atoms with Crippen molar-refractivity contribution >= 4 is 17.3 Å². The minimum Gasteiger partial charge on any atom is -0.493 e.